The Morgan fingerprint density at radius 3 is 2.67 bits per heavy atom. The van der Waals surface area contributed by atoms with Crippen LogP contribution in [0.25, 0.3) is 0 Å². The maximum Gasteiger partial charge on any atom is 0.234 e. The molecule has 9 heteroatoms. The average molecular weight is 385 g/mol. The van der Waals surface area contributed by atoms with E-state index in [0.29, 0.717) is 20.2 Å². The second-order valence-electron chi connectivity index (χ2n) is 5.92. The summed E-state index contributed by atoms with van der Waals surface area (Å²) in [4.78, 5) is 23.8. The van der Waals surface area contributed by atoms with Crippen LogP contribution in [0.3, 0.4) is 0 Å². The monoisotopic (exact) mass is 384 g/mol. The molecule has 0 saturated heterocycles. The second kappa shape index (κ2) is 7.96. The van der Waals surface area contributed by atoms with Gasteiger partial charge in [0.2, 0.25) is 16.9 Å². The zero-order valence-corrected chi connectivity index (χ0v) is 15.8. The predicted molar refractivity (Wildman–Crippen MR) is 98.8 cm³/mol. The van der Waals surface area contributed by atoms with Gasteiger partial charge < -0.3 is 10.6 Å². The smallest absolute Gasteiger partial charge is 0.234 e. The fourth-order valence-corrected chi connectivity index (χ4v) is 3.23. The number of rotatable bonds is 5. The van der Waals surface area contributed by atoms with E-state index < -0.39 is 5.41 Å². The number of nitrogens with one attached hydrogen (secondary N) is 2. The van der Waals surface area contributed by atoms with Crippen LogP contribution in [0, 0.1) is 5.41 Å². The van der Waals surface area contributed by atoms with Gasteiger partial charge in [-0.25, -0.2) is 0 Å². The third kappa shape index (κ3) is 5.77. The first-order valence-electron chi connectivity index (χ1n) is 7.07. The van der Waals surface area contributed by atoms with E-state index in [1.54, 1.807) is 24.3 Å². The van der Waals surface area contributed by atoms with Crippen LogP contribution in [0.4, 0.5) is 10.8 Å². The molecule has 0 fully saturated rings. The first kappa shape index (κ1) is 18.7. The molecule has 1 aromatic heterocycles. The lowest BCUT2D eigenvalue weighted by atomic mass is 9.96. The summed E-state index contributed by atoms with van der Waals surface area (Å²) in [6, 6.07) is 6.94. The largest absolute Gasteiger partial charge is 0.325 e. The first-order chi connectivity index (χ1) is 11.2. The maximum atomic E-state index is 11.9. The van der Waals surface area contributed by atoms with E-state index in [-0.39, 0.29) is 17.6 Å². The molecule has 2 aromatic rings. The SMILES string of the molecule is CC(C)(C)C(=O)Nc1nnc(SCC(=O)Nc2cccc(Cl)c2)s1. The maximum absolute atomic E-state index is 11.9. The number of anilines is 2. The lowest BCUT2D eigenvalue weighted by Gasteiger charge is -2.15. The van der Waals surface area contributed by atoms with Gasteiger partial charge in [0.05, 0.1) is 5.75 Å². The molecule has 0 aliphatic carbocycles. The predicted octanol–water partition coefficient (Wildman–Crippen LogP) is 3.91. The van der Waals surface area contributed by atoms with E-state index in [1.165, 1.54) is 23.1 Å². The first-order valence-corrected chi connectivity index (χ1v) is 9.25. The Kier molecular flexibility index (Phi) is 6.20. The van der Waals surface area contributed by atoms with E-state index in [9.17, 15) is 9.59 Å². The molecule has 0 bridgehead atoms. The molecule has 2 amide bonds. The third-order valence-electron chi connectivity index (χ3n) is 2.74. The van der Waals surface area contributed by atoms with E-state index >= 15 is 0 Å². The van der Waals surface area contributed by atoms with Crippen molar-refractivity contribution < 1.29 is 9.59 Å². The number of nitrogens with zero attached hydrogens (tertiary/aromatic N) is 2. The fourth-order valence-electron chi connectivity index (χ4n) is 1.49. The fraction of sp³-hybridized carbons (Fsp3) is 0.333. The molecule has 0 saturated carbocycles. The average Bonchev–Trinajstić information content (AvgIpc) is 2.92. The van der Waals surface area contributed by atoms with Gasteiger partial charge in [-0.15, -0.1) is 10.2 Å². The summed E-state index contributed by atoms with van der Waals surface area (Å²) in [5, 5.41) is 14.3. The lowest BCUT2D eigenvalue weighted by molar-refractivity contribution is -0.123. The van der Waals surface area contributed by atoms with Crippen LogP contribution >= 0.6 is 34.7 Å². The second-order valence-corrected chi connectivity index (χ2v) is 8.56. The van der Waals surface area contributed by atoms with Crippen LogP contribution in [-0.4, -0.2) is 27.8 Å². The molecule has 1 heterocycles. The number of amides is 2. The summed E-state index contributed by atoms with van der Waals surface area (Å²) < 4.78 is 0.612. The number of halogens is 1. The van der Waals surface area contributed by atoms with Gasteiger partial charge in [0.25, 0.3) is 0 Å². The number of aromatic nitrogens is 2. The minimum absolute atomic E-state index is 0.131. The van der Waals surface area contributed by atoms with E-state index in [4.69, 9.17) is 11.6 Å². The molecule has 0 radical (unpaired) electrons. The molecule has 2 N–H and O–H groups in total. The summed E-state index contributed by atoms with van der Waals surface area (Å²) in [5.74, 6) is -0.111. The van der Waals surface area contributed by atoms with Crippen molar-refractivity contribution in [1.82, 2.24) is 10.2 Å². The summed E-state index contributed by atoms with van der Waals surface area (Å²) >= 11 is 8.36. The van der Waals surface area contributed by atoms with E-state index in [2.05, 4.69) is 20.8 Å². The zero-order chi connectivity index (χ0) is 17.7. The van der Waals surface area contributed by atoms with Crippen molar-refractivity contribution in [3.63, 3.8) is 0 Å². The highest BCUT2D eigenvalue weighted by Crippen LogP contribution is 2.27. The topological polar surface area (TPSA) is 84.0 Å². The highest BCUT2D eigenvalue weighted by molar-refractivity contribution is 8.01. The van der Waals surface area contributed by atoms with Crippen LogP contribution in [0.1, 0.15) is 20.8 Å². The van der Waals surface area contributed by atoms with Crippen molar-refractivity contribution in [1.29, 1.82) is 0 Å². The van der Waals surface area contributed by atoms with Crippen LogP contribution in [0.15, 0.2) is 28.6 Å². The third-order valence-corrected chi connectivity index (χ3v) is 4.95. The molecule has 0 aliphatic rings. The van der Waals surface area contributed by atoms with Gasteiger partial charge in [0, 0.05) is 16.1 Å². The Labute approximate surface area is 153 Å². The number of hydrogen-bond acceptors (Lipinski definition) is 6. The Hall–Kier alpha value is -1.64. The molecular weight excluding hydrogens is 368 g/mol. The minimum Gasteiger partial charge on any atom is -0.325 e. The molecule has 2 rings (SSSR count). The Morgan fingerprint density at radius 1 is 1.25 bits per heavy atom. The summed E-state index contributed by atoms with van der Waals surface area (Å²) in [7, 11) is 0. The van der Waals surface area contributed by atoms with Crippen molar-refractivity contribution in [2.75, 3.05) is 16.4 Å². The number of benzene rings is 1. The molecule has 24 heavy (non-hydrogen) atoms. The van der Waals surface area contributed by atoms with Crippen LogP contribution in [0.5, 0.6) is 0 Å². The van der Waals surface area contributed by atoms with Gasteiger partial charge in [0.15, 0.2) is 4.34 Å². The van der Waals surface area contributed by atoms with Gasteiger partial charge in [-0.2, -0.15) is 0 Å². The lowest BCUT2D eigenvalue weighted by Crippen LogP contribution is -2.27. The summed E-state index contributed by atoms with van der Waals surface area (Å²) in [6.07, 6.45) is 0. The highest BCUT2D eigenvalue weighted by Gasteiger charge is 2.22. The molecule has 128 valence electrons. The van der Waals surface area contributed by atoms with Crippen molar-refractivity contribution in [3.8, 4) is 0 Å². The van der Waals surface area contributed by atoms with Crippen LogP contribution < -0.4 is 10.6 Å². The standard InChI is InChI=1S/C15H17ClN4O2S2/c1-15(2,3)12(22)18-13-19-20-14(24-13)23-8-11(21)17-10-6-4-5-9(16)7-10/h4-7H,8H2,1-3H3,(H,17,21)(H,18,19,22). The molecule has 0 aliphatic heterocycles. The highest BCUT2D eigenvalue weighted by atomic mass is 35.5. The van der Waals surface area contributed by atoms with Crippen molar-refractivity contribution in [2.45, 2.75) is 25.1 Å². The number of thioether (sulfide) groups is 1. The Balaban J connectivity index is 1.84. The molecule has 6 nitrogen and oxygen atoms in total. The summed E-state index contributed by atoms with van der Waals surface area (Å²) in [5.41, 5.74) is 0.138. The minimum atomic E-state index is -0.504. The Morgan fingerprint density at radius 2 is 2.00 bits per heavy atom. The molecule has 0 atom stereocenters. The van der Waals surface area contributed by atoms with Crippen molar-refractivity contribution >= 4 is 57.3 Å². The quantitative estimate of drug-likeness (QED) is 0.603. The number of carbonyl (C=O) groups excluding carboxylic acids is 2. The Bertz CT molecular complexity index is 743. The zero-order valence-electron chi connectivity index (χ0n) is 13.4. The van der Waals surface area contributed by atoms with Gasteiger partial charge >= 0.3 is 0 Å². The van der Waals surface area contributed by atoms with E-state index in [1.807, 2.05) is 20.8 Å². The normalized spacial score (nSPS) is 11.2. The molecule has 1 aromatic carbocycles. The van der Waals surface area contributed by atoms with Crippen molar-refractivity contribution in [3.05, 3.63) is 29.3 Å². The van der Waals surface area contributed by atoms with Gasteiger partial charge in [-0.05, 0) is 18.2 Å². The van der Waals surface area contributed by atoms with Crippen molar-refractivity contribution in [2.24, 2.45) is 5.41 Å². The van der Waals surface area contributed by atoms with Gasteiger partial charge in [0.1, 0.15) is 0 Å². The van der Waals surface area contributed by atoms with Gasteiger partial charge in [-0.1, -0.05) is 61.5 Å². The van der Waals surface area contributed by atoms with Crippen LogP contribution in [0.2, 0.25) is 5.02 Å². The molecule has 0 spiro atoms. The number of carbonyl (C=O) groups is 2. The van der Waals surface area contributed by atoms with E-state index in [0.717, 1.165) is 0 Å². The summed E-state index contributed by atoms with van der Waals surface area (Å²) in [6.45, 7) is 5.46. The van der Waals surface area contributed by atoms with Crippen LogP contribution in [-0.2, 0) is 9.59 Å². The number of hydrogen-bond donors (Lipinski definition) is 2. The van der Waals surface area contributed by atoms with Gasteiger partial charge in [-0.3, -0.25) is 9.59 Å². The molecular formula is C15H17ClN4O2S2. The molecule has 0 unspecified atom stereocenters.